The van der Waals surface area contributed by atoms with Crippen molar-refractivity contribution >= 4 is 23.6 Å². The number of aromatic nitrogens is 1. The topological polar surface area (TPSA) is 93.2 Å². The van der Waals surface area contributed by atoms with Gasteiger partial charge < -0.3 is 15.5 Å². The van der Waals surface area contributed by atoms with Crippen LogP contribution in [0.5, 0.6) is 0 Å². The van der Waals surface area contributed by atoms with Gasteiger partial charge in [-0.3, -0.25) is 14.6 Å². The van der Waals surface area contributed by atoms with E-state index >= 15 is 0 Å². The second-order valence-corrected chi connectivity index (χ2v) is 8.87. The number of carbonyl (C=O) groups excluding carboxylic acids is 2. The predicted molar refractivity (Wildman–Crippen MR) is 118 cm³/mol. The molecule has 4 unspecified atom stereocenters. The Labute approximate surface area is 182 Å². The summed E-state index contributed by atoms with van der Waals surface area (Å²) in [6.07, 6.45) is 5.33. The van der Waals surface area contributed by atoms with Crippen LogP contribution in [0, 0.1) is 0 Å². The first-order valence-corrected chi connectivity index (χ1v) is 11.5. The third kappa shape index (κ3) is 3.44. The monoisotopic (exact) mass is 425 g/mol. The van der Waals surface area contributed by atoms with Crippen molar-refractivity contribution in [3.63, 3.8) is 0 Å². The summed E-state index contributed by atoms with van der Waals surface area (Å²) in [5.74, 6) is 1.44. The maximum Gasteiger partial charge on any atom is 0.328 e. The van der Waals surface area contributed by atoms with Crippen molar-refractivity contribution in [2.75, 3.05) is 31.1 Å². The van der Waals surface area contributed by atoms with Gasteiger partial charge in [-0.05, 0) is 37.8 Å². The molecule has 4 saturated heterocycles. The molecule has 9 heteroatoms. The minimum absolute atomic E-state index is 0.190. The van der Waals surface area contributed by atoms with Gasteiger partial charge in [-0.25, -0.2) is 14.8 Å². The average molecular weight is 426 g/mol. The molecule has 0 aromatic carbocycles. The van der Waals surface area contributed by atoms with Crippen LogP contribution in [0.25, 0.3) is 0 Å². The highest BCUT2D eigenvalue weighted by Gasteiger charge is 2.49. The normalized spacial score (nSPS) is 29.9. The molecule has 6 heterocycles. The first kappa shape index (κ1) is 20.2. The number of nitrogens with one attached hydrogen (secondary N) is 2. The van der Waals surface area contributed by atoms with E-state index in [0.717, 1.165) is 37.3 Å². The van der Waals surface area contributed by atoms with Crippen LogP contribution in [-0.2, 0) is 4.79 Å². The minimum Gasteiger partial charge on any atom is -0.355 e. The Bertz CT molecular complexity index is 878. The lowest BCUT2D eigenvalue weighted by molar-refractivity contribution is -0.134. The first-order chi connectivity index (χ1) is 15.1. The molecule has 4 atom stereocenters. The van der Waals surface area contributed by atoms with E-state index in [-0.39, 0.29) is 11.9 Å². The van der Waals surface area contributed by atoms with Gasteiger partial charge in [0.1, 0.15) is 17.7 Å². The number of nitrogens with zero attached hydrogens (tertiary/aromatic N) is 5. The molecule has 1 aromatic heterocycles. The SMILES string of the molecule is CCCN1C(=O)C2NC(c3ccc(N4CC5CCC4CN5)nc3)=NC2N(CCC)C1=O. The molecule has 4 fully saturated rings. The summed E-state index contributed by atoms with van der Waals surface area (Å²) in [4.78, 5) is 40.8. The van der Waals surface area contributed by atoms with Gasteiger partial charge in [0.05, 0.1) is 0 Å². The summed E-state index contributed by atoms with van der Waals surface area (Å²) in [6.45, 7) is 7.02. The van der Waals surface area contributed by atoms with Crippen molar-refractivity contribution in [3.8, 4) is 0 Å². The predicted octanol–water partition coefficient (Wildman–Crippen LogP) is 1.15. The molecule has 5 aliphatic heterocycles. The maximum absolute atomic E-state index is 13.0. The van der Waals surface area contributed by atoms with Crippen molar-refractivity contribution < 1.29 is 9.59 Å². The van der Waals surface area contributed by atoms with E-state index in [1.54, 1.807) is 4.90 Å². The molecule has 31 heavy (non-hydrogen) atoms. The second-order valence-electron chi connectivity index (χ2n) is 8.87. The number of hydrogen-bond donors (Lipinski definition) is 2. The molecular weight excluding hydrogens is 394 g/mol. The molecule has 0 spiro atoms. The number of amidine groups is 1. The third-order valence-corrected chi connectivity index (χ3v) is 6.76. The summed E-state index contributed by atoms with van der Waals surface area (Å²) < 4.78 is 0. The summed E-state index contributed by atoms with van der Waals surface area (Å²) in [5.41, 5.74) is 0.845. The number of piperidine rings is 2. The molecule has 5 aliphatic rings. The standard InChI is InChI=1S/C22H31N7O2/c1-3-9-27-20-18(21(30)28(10-4-2)22(27)31)25-19(26-20)14-5-8-17(24-11-14)29-13-15-6-7-16(29)12-23-15/h5,8,11,15-16,18,20,23H,3-4,6-7,9-10,12-13H2,1-2H3,(H,25,26). The number of pyridine rings is 1. The number of carbonyl (C=O) groups is 2. The minimum atomic E-state index is -0.533. The van der Waals surface area contributed by atoms with Gasteiger partial charge in [0, 0.05) is 50.0 Å². The molecular formula is C22H31N7O2. The van der Waals surface area contributed by atoms with Crippen molar-refractivity contribution in [3.05, 3.63) is 23.9 Å². The number of imide groups is 1. The molecule has 0 radical (unpaired) electrons. The van der Waals surface area contributed by atoms with Crippen LogP contribution >= 0.6 is 0 Å². The molecule has 0 saturated carbocycles. The Morgan fingerprint density at radius 3 is 2.58 bits per heavy atom. The Hall–Kier alpha value is -2.68. The lowest BCUT2D eigenvalue weighted by Crippen LogP contribution is -2.65. The zero-order chi connectivity index (χ0) is 21.5. The van der Waals surface area contributed by atoms with Gasteiger partial charge in [0.25, 0.3) is 5.91 Å². The molecule has 166 valence electrons. The number of aliphatic imine (C=N–C) groups is 1. The molecule has 0 aliphatic carbocycles. The molecule has 1 aromatic rings. The average Bonchev–Trinajstić information content (AvgIpc) is 3.26. The third-order valence-electron chi connectivity index (χ3n) is 6.76. The first-order valence-electron chi connectivity index (χ1n) is 11.5. The summed E-state index contributed by atoms with van der Waals surface area (Å²) >= 11 is 0. The van der Waals surface area contributed by atoms with E-state index in [4.69, 9.17) is 9.98 Å². The zero-order valence-electron chi connectivity index (χ0n) is 18.3. The smallest absolute Gasteiger partial charge is 0.328 e. The Balaban J connectivity index is 1.37. The van der Waals surface area contributed by atoms with E-state index < -0.39 is 12.2 Å². The van der Waals surface area contributed by atoms with E-state index in [0.29, 0.717) is 31.0 Å². The second kappa shape index (κ2) is 8.11. The van der Waals surface area contributed by atoms with Gasteiger partial charge >= 0.3 is 6.03 Å². The van der Waals surface area contributed by atoms with Gasteiger partial charge in [0.2, 0.25) is 0 Å². The van der Waals surface area contributed by atoms with Crippen LogP contribution in [0.15, 0.2) is 23.3 Å². The fourth-order valence-electron chi connectivity index (χ4n) is 5.18. The van der Waals surface area contributed by atoms with Crippen LogP contribution < -0.4 is 15.5 Å². The summed E-state index contributed by atoms with van der Waals surface area (Å²) in [6, 6.07) is 4.35. The number of piperazine rings is 1. The fraction of sp³-hybridized carbons (Fsp3) is 0.636. The number of hydrogen-bond acceptors (Lipinski definition) is 7. The number of urea groups is 1. The van der Waals surface area contributed by atoms with Gasteiger partial charge in [-0.15, -0.1) is 0 Å². The number of rotatable bonds is 6. The van der Waals surface area contributed by atoms with Gasteiger partial charge in [0.15, 0.2) is 6.17 Å². The Morgan fingerprint density at radius 1 is 1.13 bits per heavy atom. The van der Waals surface area contributed by atoms with Gasteiger partial charge in [-0.1, -0.05) is 13.8 Å². The molecule has 9 nitrogen and oxygen atoms in total. The van der Waals surface area contributed by atoms with Crippen LogP contribution in [0.2, 0.25) is 0 Å². The van der Waals surface area contributed by atoms with Crippen molar-refractivity contribution in [1.29, 1.82) is 0 Å². The summed E-state index contributed by atoms with van der Waals surface area (Å²) in [5, 5.41) is 6.85. The number of anilines is 1. The number of amides is 3. The zero-order valence-corrected chi connectivity index (χ0v) is 18.3. The maximum atomic E-state index is 13.0. The van der Waals surface area contributed by atoms with Crippen LogP contribution in [0.3, 0.4) is 0 Å². The van der Waals surface area contributed by atoms with Crippen LogP contribution in [0.4, 0.5) is 10.6 Å². The quantitative estimate of drug-likeness (QED) is 0.710. The Morgan fingerprint density at radius 2 is 1.97 bits per heavy atom. The van der Waals surface area contributed by atoms with E-state index in [1.165, 1.54) is 17.7 Å². The summed E-state index contributed by atoms with van der Waals surface area (Å²) in [7, 11) is 0. The van der Waals surface area contributed by atoms with Crippen molar-refractivity contribution in [2.45, 2.75) is 63.8 Å². The lowest BCUT2D eigenvalue weighted by atomic mass is 9.93. The van der Waals surface area contributed by atoms with Gasteiger partial charge in [-0.2, -0.15) is 0 Å². The van der Waals surface area contributed by atoms with E-state index in [2.05, 4.69) is 15.5 Å². The Kier molecular flexibility index (Phi) is 5.29. The van der Waals surface area contributed by atoms with Crippen LogP contribution in [-0.4, -0.2) is 83.0 Å². The number of fused-ring (bicyclic) bond motifs is 4. The molecule has 3 amide bonds. The van der Waals surface area contributed by atoms with Crippen molar-refractivity contribution in [1.82, 2.24) is 25.4 Å². The van der Waals surface area contributed by atoms with Crippen LogP contribution in [0.1, 0.15) is 45.1 Å². The largest absolute Gasteiger partial charge is 0.355 e. The van der Waals surface area contributed by atoms with E-state index in [1.807, 2.05) is 32.2 Å². The highest BCUT2D eigenvalue weighted by Crippen LogP contribution is 2.28. The molecule has 6 rings (SSSR count). The highest BCUT2D eigenvalue weighted by atomic mass is 16.2. The molecule has 2 bridgehead atoms. The fourth-order valence-corrected chi connectivity index (χ4v) is 5.18. The van der Waals surface area contributed by atoms with Crippen molar-refractivity contribution in [2.24, 2.45) is 4.99 Å². The molecule has 2 N–H and O–H groups in total. The van der Waals surface area contributed by atoms with E-state index in [9.17, 15) is 9.59 Å². The lowest BCUT2D eigenvalue weighted by Gasteiger charge is -2.46. The highest BCUT2D eigenvalue weighted by molar-refractivity contribution is 6.08.